The molecule has 2 rings (SSSR count). The van der Waals surface area contributed by atoms with E-state index in [1.807, 2.05) is 0 Å². The first-order chi connectivity index (χ1) is 8.90. The summed E-state index contributed by atoms with van der Waals surface area (Å²) in [6, 6.07) is 10.3. The van der Waals surface area contributed by atoms with Crippen LogP contribution in [0.4, 0.5) is 5.69 Å². The average molecular weight is 279 g/mol. The maximum atomic E-state index is 12.0. The molecule has 7 heteroatoms. The zero-order chi connectivity index (χ0) is 14.0. The molecule has 19 heavy (non-hydrogen) atoms. The van der Waals surface area contributed by atoms with E-state index in [9.17, 15) is 13.6 Å². The summed E-state index contributed by atoms with van der Waals surface area (Å²) in [5.74, 6) is 0. The number of nitrogens with zero attached hydrogens (tertiary/aromatic N) is 2. The molecule has 0 spiro atoms. The predicted octanol–water partition coefficient (Wildman–Crippen LogP) is 0.906. The first-order valence-corrected chi connectivity index (χ1v) is 6.88. The van der Waals surface area contributed by atoms with E-state index in [1.54, 1.807) is 19.1 Å². The van der Waals surface area contributed by atoms with Gasteiger partial charge in [-0.05, 0) is 43.3 Å². The normalized spacial score (nSPS) is 12.6. The lowest BCUT2D eigenvalue weighted by Gasteiger charge is -2.03. The molecule has 0 aliphatic rings. The van der Waals surface area contributed by atoms with Gasteiger partial charge in [-0.2, -0.15) is 13.1 Å². The number of hydrogen-bond acceptors (Lipinski definition) is 4. The van der Waals surface area contributed by atoms with Crippen LogP contribution < -0.4 is 11.2 Å². The maximum Gasteiger partial charge on any atom is 0.284 e. The lowest BCUT2D eigenvalue weighted by molar-refractivity contribution is 0.166. The summed E-state index contributed by atoms with van der Waals surface area (Å²) in [4.78, 5) is 0.0169. The van der Waals surface area contributed by atoms with Crippen molar-refractivity contribution in [3.63, 3.8) is 0 Å². The second kappa shape index (κ2) is 4.77. The van der Waals surface area contributed by atoms with Gasteiger partial charge in [0.1, 0.15) is 0 Å². The van der Waals surface area contributed by atoms with Crippen molar-refractivity contribution in [3.8, 4) is 0 Å². The average Bonchev–Trinajstić information content (AvgIpc) is 2.35. The molecule has 1 heterocycles. The summed E-state index contributed by atoms with van der Waals surface area (Å²) in [6.45, 7) is 1.63. The molecule has 0 saturated carbocycles. The number of nitrogen functional groups attached to an aromatic ring is 1. The van der Waals surface area contributed by atoms with Crippen molar-refractivity contribution in [2.45, 2.75) is 11.8 Å². The van der Waals surface area contributed by atoms with Crippen LogP contribution in [0.15, 0.2) is 51.8 Å². The lowest BCUT2D eigenvalue weighted by Crippen LogP contribution is -2.21. The lowest BCUT2D eigenvalue weighted by atomic mass is 10.3. The number of hydrogen-bond donors (Lipinski definition) is 2. The van der Waals surface area contributed by atoms with Gasteiger partial charge < -0.3 is 10.9 Å². The van der Waals surface area contributed by atoms with Crippen LogP contribution in [0.2, 0.25) is 0 Å². The third-order valence-corrected chi connectivity index (χ3v) is 3.82. The molecular formula is C12H13N3O3S. The number of rotatable bonds is 2. The molecule has 0 unspecified atom stereocenters. The van der Waals surface area contributed by atoms with Gasteiger partial charge in [-0.25, -0.2) is 0 Å². The maximum absolute atomic E-state index is 12.0. The predicted molar refractivity (Wildman–Crippen MR) is 70.0 cm³/mol. The van der Waals surface area contributed by atoms with E-state index in [2.05, 4.69) is 4.40 Å². The Bertz CT molecular complexity index is 762. The minimum atomic E-state index is -3.88. The summed E-state index contributed by atoms with van der Waals surface area (Å²) in [5, 5.41) is 9.69. The highest BCUT2D eigenvalue weighted by Crippen LogP contribution is 2.13. The molecule has 0 aliphatic carbocycles. The topological polar surface area (TPSA) is 97.7 Å². The molecule has 6 nitrogen and oxygen atoms in total. The van der Waals surface area contributed by atoms with Crippen molar-refractivity contribution in [1.82, 2.24) is 4.73 Å². The molecule has 1 aromatic heterocycles. The monoisotopic (exact) mass is 279 g/mol. The van der Waals surface area contributed by atoms with Gasteiger partial charge in [0.15, 0.2) is 5.49 Å². The summed E-state index contributed by atoms with van der Waals surface area (Å²) < 4.78 is 28.4. The second-order valence-electron chi connectivity index (χ2n) is 3.97. The van der Waals surface area contributed by atoms with E-state index in [-0.39, 0.29) is 10.4 Å². The van der Waals surface area contributed by atoms with Crippen molar-refractivity contribution in [2.75, 3.05) is 5.73 Å². The van der Waals surface area contributed by atoms with E-state index in [0.29, 0.717) is 11.4 Å². The van der Waals surface area contributed by atoms with Gasteiger partial charge in [-0.1, -0.05) is 6.07 Å². The molecule has 0 radical (unpaired) electrons. The summed E-state index contributed by atoms with van der Waals surface area (Å²) in [7, 11) is -3.88. The number of aryl methyl sites for hydroxylation is 1. The Hall–Kier alpha value is -2.28. The van der Waals surface area contributed by atoms with Gasteiger partial charge in [0.25, 0.3) is 10.0 Å². The van der Waals surface area contributed by atoms with Crippen molar-refractivity contribution in [2.24, 2.45) is 4.40 Å². The standard InChI is InChI=1S/C12H13N3O3S/c1-9-3-2-4-12(15(9)16)14-19(17,18)11-7-5-10(13)6-8-11/h2-8,16H,13H2,1H3/b14-12+. The second-order valence-corrected chi connectivity index (χ2v) is 5.58. The van der Waals surface area contributed by atoms with Crippen LogP contribution in [-0.2, 0) is 10.0 Å². The number of nitrogens with two attached hydrogens (primary N) is 1. The number of aromatic nitrogens is 1. The molecule has 0 fully saturated rings. The Morgan fingerprint density at radius 2 is 1.79 bits per heavy atom. The Kier molecular flexibility index (Phi) is 3.30. The van der Waals surface area contributed by atoms with Gasteiger partial charge in [-0.3, -0.25) is 0 Å². The molecular weight excluding hydrogens is 266 g/mol. The number of anilines is 1. The smallest absolute Gasteiger partial charge is 0.284 e. The van der Waals surface area contributed by atoms with Crippen LogP contribution in [-0.4, -0.2) is 18.4 Å². The first-order valence-electron chi connectivity index (χ1n) is 5.44. The van der Waals surface area contributed by atoms with Crippen molar-refractivity contribution in [3.05, 3.63) is 53.6 Å². The molecule has 1 aromatic carbocycles. The van der Waals surface area contributed by atoms with E-state index in [0.717, 1.165) is 4.73 Å². The van der Waals surface area contributed by atoms with Crippen molar-refractivity contribution < 1.29 is 13.6 Å². The third-order valence-electron chi connectivity index (χ3n) is 2.53. The Morgan fingerprint density at radius 1 is 1.16 bits per heavy atom. The fourth-order valence-electron chi connectivity index (χ4n) is 1.48. The molecule has 2 aromatic rings. The Labute approximate surface area is 110 Å². The molecule has 100 valence electrons. The molecule has 0 amide bonds. The van der Waals surface area contributed by atoms with Crippen LogP contribution >= 0.6 is 0 Å². The highest BCUT2D eigenvalue weighted by Gasteiger charge is 2.12. The van der Waals surface area contributed by atoms with Crippen LogP contribution in [0.1, 0.15) is 5.69 Å². The van der Waals surface area contributed by atoms with Gasteiger partial charge in [0.05, 0.1) is 10.6 Å². The SMILES string of the molecule is Cc1ccc/c(=N\S(=O)(=O)c2ccc(N)cc2)n1O. The van der Waals surface area contributed by atoms with Crippen LogP contribution in [0.3, 0.4) is 0 Å². The third kappa shape index (κ3) is 2.76. The largest absolute Gasteiger partial charge is 0.427 e. The van der Waals surface area contributed by atoms with E-state index in [4.69, 9.17) is 5.73 Å². The highest BCUT2D eigenvalue weighted by atomic mass is 32.2. The van der Waals surface area contributed by atoms with Crippen molar-refractivity contribution in [1.29, 1.82) is 0 Å². The Balaban J connectivity index is 2.58. The highest BCUT2D eigenvalue weighted by molar-refractivity contribution is 7.90. The Morgan fingerprint density at radius 3 is 2.42 bits per heavy atom. The fourth-order valence-corrected chi connectivity index (χ4v) is 2.45. The summed E-state index contributed by atoms with van der Waals surface area (Å²) in [5.41, 5.74) is 6.38. The van der Waals surface area contributed by atoms with Gasteiger partial charge in [-0.15, -0.1) is 4.40 Å². The molecule has 0 bridgehead atoms. The van der Waals surface area contributed by atoms with Crippen LogP contribution in [0, 0.1) is 6.92 Å². The zero-order valence-corrected chi connectivity index (χ0v) is 11.0. The van der Waals surface area contributed by atoms with Crippen LogP contribution in [0.25, 0.3) is 0 Å². The zero-order valence-electron chi connectivity index (χ0n) is 10.2. The molecule has 0 atom stereocenters. The van der Waals surface area contributed by atoms with Gasteiger partial charge >= 0.3 is 0 Å². The van der Waals surface area contributed by atoms with E-state index in [1.165, 1.54) is 30.3 Å². The fraction of sp³-hybridized carbons (Fsp3) is 0.0833. The van der Waals surface area contributed by atoms with E-state index >= 15 is 0 Å². The molecule has 3 N–H and O–H groups in total. The van der Waals surface area contributed by atoms with Gasteiger partial charge in [0, 0.05) is 5.69 Å². The number of sulfonamides is 1. The minimum Gasteiger partial charge on any atom is -0.427 e. The summed E-state index contributed by atoms with van der Waals surface area (Å²) >= 11 is 0. The number of pyridine rings is 1. The summed E-state index contributed by atoms with van der Waals surface area (Å²) in [6.07, 6.45) is 0. The molecule has 0 saturated heterocycles. The quantitative estimate of drug-likeness (QED) is 0.630. The first kappa shape index (κ1) is 13.2. The van der Waals surface area contributed by atoms with Crippen molar-refractivity contribution >= 4 is 15.7 Å². The molecule has 0 aliphatic heterocycles. The number of benzene rings is 1. The van der Waals surface area contributed by atoms with Gasteiger partial charge in [0.2, 0.25) is 0 Å². The minimum absolute atomic E-state index is 0.0169. The van der Waals surface area contributed by atoms with Crippen LogP contribution in [0.5, 0.6) is 0 Å². The van der Waals surface area contributed by atoms with E-state index < -0.39 is 10.0 Å².